The number of anilines is 2. The fourth-order valence-electron chi connectivity index (χ4n) is 5.44. The summed E-state index contributed by atoms with van der Waals surface area (Å²) in [4.78, 5) is 54.9. The third-order valence-corrected chi connectivity index (χ3v) is 10.2. The van der Waals surface area contributed by atoms with Crippen molar-refractivity contribution in [1.29, 1.82) is 0 Å². The Morgan fingerprint density at radius 1 is 0.900 bits per heavy atom. The number of esters is 1. The van der Waals surface area contributed by atoms with Crippen LogP contribution in [0.1, 0.15) is 63.4 Å². The van der Waals surface area contributed by atoms with Crippen LogP contribution in [0, 0.1) is 0 Å². The molecule has 10 nitrogen and oxygen atoms in total. The van der Waals surface area contributed by atoms with Gasteiger partial charge in [-0.1, -0.05) is 30.3 Å². The van der Waals surface area contributed by atoms with E-state index in [9.17, 15) is 19.2 Å². The molecule has 1 unspecified atom stereocenters. The Labute approximate surface area is 299 Å². The average molecular weight is 714 g/mol. The van der Waals surface area contributed by atoms with Crippen LogP contribution in [-0.4, -0.2) is 49.8 Å². The lowest BCUT2D eigenvalue weighted by molar-refractivity contribution is -0.115. The largest absolute Gasteiger partial charge is 0.493 e. The van der Waals surface area contributed by atoms with E-state index in [4.69, 9.17) is 14.2 Å². The second-order valence-corrected chi connectivity index (χ2v) is 13.9. The summed E-state index contributed by atoms with van der Waals surface area (Å²) in [5.41, 5.74) is 2.92. The van der Waals surface area contributed by atoms with Gasteiger partial charge in [-0.2, -0.15) is 0 Å². The van der Waals surface area contributed by atoms with E-state index in [0.29, 0.717) is 38.9 Å². The molecule has 1 aliphatic carbocycles. The molecule has 3 N–H and O–H groups in total. The summed E-state index contributed by atoms with van der Waals surface area (Å²) < 4.78 is 16.1. The first-order chi connectivity index (χ1) is 24.2. The molecule has 50 heavy (non-hydrogen) atoms. The summed E-state index contributed by atoms with van der Waals surface area (Å²) in [7, 11) is 3.05. The van der Waals surface area contributed by atoms with E-state index < -0.39 is 23.0 Å². The van der Waals surface area contributed by atoms with Crippen LogP contribution in [0.2, 0.25) is 0 Å². The normalized spacial score (nSPS) is 13.0. The quantitative estimate of drug-likeness (QED) is 0.0745. The van der Waals surface area contributed by atoms with E-state index >= 15 is 0 Å². The van der Waals surface area contributed by atoms with Gasteiger partial charge >= 0.3 is 5.97 Å². The standard InChI is InChI=1S/C38H39N3O7S2/c1-5-48-38(45)33-28-16-9-10-17-32(28)50-37(33)41-34(42)23(2)49-27-15-11-14-26(22-27)39-36(44)29(40-35(43)25-12-7-6-8-13-25)20-24-18-19-30(46-3)31(21-24)47-4/h6-8,11-15,18-23H,5,9-10,16-17H2,1-4H3,(H,39,44)(H,40,43)(H,41,42)/b29-20+. The molecule has 0 radical (unpaired) electrons. The first-order valence-corrected chi connectivity index (χ1v) is 17.9. The molecule has 4 aromatic rings. The molecule has 0 spiro atoms. The molecule has 12 heteroatoms. The van der Waals surface area contributed by atoms with Gasteiger partial charge in [0.25, 0.3) is 11.8 Å². The number of rotatable bonds is 13. The Bertz CT molecular complexity index is 1910. The van der Waals surface area contributed by atoms with Crippen LogP contribution in [-0.2, 0) is 27.2 Å². The molecule has 0 saturated heterocycles. The maximum Gasteiger partial charge on any atom is 0.341 e. The van der Waals surface area contributed by atoms with Gasteiger partial charge in [0, 0.05) is 21.0 Å². The number of fused-ring (bicyclic) bond motifs is 1. The molecule has 1 aromatic heterocycles. The number of ether oxygens (including phenoxy) is 3. The smallest absolute Gasteiger partial charge is 0.341 e. The number of carbonyl (C=O) groups excluding carboxylic acids is 4. The van der Waals surface area contributed by atoms with Crippen molar-refractivity contribution >= 4 is 63.6 Å². The molecule has 260 valence electrons. The summed E-state index contributed by atoms with van der Waals surface area (Å²) >= 11 is 2.76. The summed E-state index contributed by atoms with van der Waals surface area (Å²) in [6, 6.07) is 20.8. The predicted octanol–water partition coefficient (Wildman–Crippen LogP) is 7.35. The minimum atomic E-state index is -0.551. The number of thioether (sulfide) groups is 1. The number of methoxy groups -OCH3 is 2. The fraction of sp³-hybridized carbons (Fsp3) is 0.263. The molecule has 0 saturated carbocycles. The first-order valence-electron chi connectivity index (χ1n) is 16.2. The number of thiophene rings is 1. The SMILES string of the molecule is CCOC(=O)c1c(NC(=O)C(C)Sc2cccc(NC(=O)/C(=C\c3ccc(OC)c(OC)c3)NC(=O)c3ccccc3)c2)sc2c1CCCC2. The molecule has 1 atom stereocenters. The van der Waals surface area contributed by atoms with Gasteiger partial charge in [-0.05, 0) is 99.2 Å². The van der Waals surface area contributed by atoms with E-state index in [1.54, 1.807) is 86.7 Å². The molecule has 1 heterocycles. The van der Waals surface area contributed by atoms with Crippen LogP contribution in [0.15, 0.2) is 83.4 Å². The minimum Gasteiger partial charge on any atom is -0.493 e. The van der Waals surface area contributed by atoms with E-state index in [2.05, 4.69) is 16.0 Å². The number of benzene rings is 3. The van der Waals surface area contributed by atoms with E-state index in [0.717, 1.165) is 41.0 Å². The number of carbonyl (C=O) groups is 4. The van der Waals surface area contributed by atoms with Gasteiger partial charge in [-0.15, -0.1) is 23.1 Å². The van der Waals surface area contributed by atoms with Crippen LogP contribution in [0.25, 0.3) is 6.08 Å². The Morgan fingerprint density at radius 3 is 2.40 bits per heavy atom. The van der Waals surface area contributed by atoms with E-state index in [1.807, 2.05) is 6.07 Å². The Balaban J connectivity index is 1.32. The zero-order valence-electron chi connectivity index (χ0n) is 28.3. The number of aryl methyl sites for hydroxylation is 1. The highest BCUT2D eigenvalue weighted by molar-refractivity contribution is 8.00. The molecule has 0 aliphatic heterocycles. The fourth-order valence-corrected chi connectivity index (χ4v) is 7.65. The number of hydrogen-bond donors (Lipinski definition) is 3. The molecular formula is C38H39N3O7S2. The maximum absolute atomic E-state index is 13.7. The first kappa shape index (κ1) is 36.2. The minimum absolute atomic E-state index is 0.00734. The highest BCUT2D eigenvalue weighted by Gasteiger charge is 2.28. The lowest BCUT2D eigenvalue weighted by Crippen LogP contribution is -2.30. The summed E-state index contributed by atoms with van der Waals surface area (Å²) in [6.45, 7) is 3.80. The van der Waals surface area contributed by atoms with Crippen LogP contribution in [0.5, 0.6) is 11.5 Å². The zero-order chi connectivity index (χ0) is 35.6. The monoisotopic (exact) mass is 713 g/mol. The summed E-state index contributed by atoms with van der Waals surface area (Å²) in [5, 5.41) is 8.59. The van der Waals surface area contributed by atoms with Gasteiger partial charge in [0.05, 0.1) is 31.6 Å². The molecular weight excluding hydrogens is 675 g/mol. The van der Waals surface area contributed by atoms with Crippen LogP contribution in [0.3, 0.4) is 0 Å². The van der Waals surface area contributed by atoms with E-state index in [-0.39, 0.29) is 18.2 Å². The van der Waals surface area contributed by atoms with Crippen molar-refractivity contribution in [1.82, 2.24) is 5.32 Å². The maximum atomic E-state index is 13.7. The van der Waals surface area contributed by atoms with Gasteiger partial charge in [0.15, 0.2) is 11.5 Å². The van der Waals surface area contributed by atoms with Gasteiger partial charge in [-0.3, -0.25) is 14.4 Å². The Hall–Kier alpha value is -5.07. The second-order valence-electron chi connectivity index (χ2n) is 11.4. The van der Waals surface area contributed by atoms with Crippen LogP contribution in [0.4, 0.5) is 10.7 Å². The van der Waals surface area contributed by atoms with Crippen molar-refractivity contribution in [2.45, 2.75) is 49.7 Å². The third-order valence-electron chi connectivity index (χ3n) is 7.91. The Kier molecular flexibility index (Phi) is 12.3. The van der Waals surface area contributed by atoms with Crippen molar-refractivity contribution in [2.75, 3.05) is 31.5 Å². The van der Waals surface area contributed by atoms with Crippen molar-refractivity contribution in [3.63, 3.8) is 0 Å². The molecule has 5 rings (SSSR count). The van der Waals surface area contributed by atoms with Gasteiger partial charge in [-0.25, -0.2) is 4.79 Å². The van der Waals surface area contributed by atoms with Gasteiger partial charge < -0.3 is 30.2 Å². The highest BCUT2D eigenvalue weighted by atomic mass is 32.2. The van der Waals surface area contributed by atoms with Crippen LogP contribution < -0.4 is 25.4 Å². The topological polar surface area (TPSA) is 132 Å². The lowest BCUT2D eigenvalue weighted by atomic mass is 9.95. The Morgan fingerprint density at radius 2 is 1.66 bits per heavy atom. The number of nitrogens with one attached hydrogen (secondary N) is 3. The third kappa shape index (κ3) is 8.93. The summed E-state index contributed by atoms with van der Waals surface area (Å²) in [6.07, 6.45) is 5.27. The second kappa shape index (κ2) is 17.0. The summed E-state index contributed by atoms with van der Waals surface area (Å²) in [5.74, 6) is -0.675. The molecule has 3 aromatic carbocycles. The molecule has 1 aliphatic rings. The molecule has 0 fully saturated rings. The van der Waals surface area contributed by atoms with Crippen molar-refractivity contribution in [3.05, 3.63) is 106 Å². The lowest BCUT2D eigenvalue weighted by Gasteiger charge is -2.15. The average Bonchev–Trinajstić information content (AvgIpc) is 3.49. The van der Waals surface area contributed by atoms with Crippen LogP contribution >= 0.6 is 23.1 Å². The zero-order valence-corrected chi connectivity index (χ0v) is 29.9. The molecule has 0 bridgehead atoms. The molecule has 3 amide bonds. The van der Waals surface area contributed by atoms with Crippen molar-refractivity contribution < 1.29 is 33.4 Å². The van der Waals surface area contributed by atoms with E-state index in [1.165, 1.54) is 37.3 Å². The predicted molar refractivity (Wildman–Crippen MR) is 197 cm³/mol. The highest BCUT2D eigenvalue weighted by Crippen LogP contribution is 2.39. The number of hydrogen-bond acceptors (Lipinski definition) is 9. The van der Waals surface area contributed by atoms with Gasteiger partial charge in [0.2, 0.25) is 5.91 Å². The van der Waals surface area contributed by atoms with Gasteiger partial charge in [0.1, 0.15) is 10.7 Å². The van der Waals surface area contributed by atoms with Crippen molar-refractivity contribution in [3.8, 4) is 11.5 Å². The number of amides is 3. The van der Waals surface area contributed by atoms with Crippen molar-refractivity contribution in [2.24, 2.45) is 0 Å².